The molecule has 118 valence electrons. The van der Waals surface area contributed by atoms with Crippen LogP contribution in [0.1, 0.15) is 12.0 Å². The number of amides is 1. The van der Waals surface area contributed by atoms with Gasteiger partial charge in [0.25, 0.3) is 0 Å². The average Bonchev–Trinajstić information content (AvgIpc) is 2.96. The molecule has 0 spiro atoms. The van der Waals surface area contributed by atoms with E-state index in [1.54, 1.807) is 23.1 Å². The number of oxime groups is 1. The highest BCUT2D eigenvalue weighted by Gasteiger charge is 2.26. The highest BCUT2D eigenvalue weighted by atomic mass is 19.1. The van der Waals surface area contributed by atoms with Crippen LogP contribution in [0, 0.1) is 5.82 Å². The van der Waals surface area contributed by atoms with E-state index < -0.39 is 0 Å². The quantitative estimate of drug-likeness (QED) is 0.724. The fourth-order valence-corrected chi connectivity index (χ4v) is 2.26. The summed E-state index contributed by atoms with van der Waals surface area (Å²) in [6, 6.07) is 6.21. The van der Waals surface area contributed by atoms with Crippen molar-refractivity contribution in [1.29, 1.82) is 0 Å². The van der Waals surface area contributed by atoms with E-state index in [2.05, 4.69) is 11.7 Å². The lowest BCUT2D eigenvalue weighted by molar-refractivity contribution is -0.136. The first-order valence-corrected chi connectivity index (χ1v) is 7.00. The molecule has 5 nitrogen and oxygen atoms in total. The molecule has 1 amide bonds. The largest absolute Gasteiger partial charge is 0.390 e. The van der Waals surface area contributed by atoms with Gasteiger partial charge in [-0.15, -0.1) is 6.58 Å². The predicted octanol–water partition coefficient (Wildman–Crippen LogP) is 1.98. The molecule has 0 aliphatic carbocycles. The minimum Gasteiger partial charge on any atom is -0.390 e. The molecule has 1 atom stereocenters. The highest BCUT2D eigenvalue weighted by Crippen LogP contribution is 2.18. The lowest BCUT2D eigenvalue weighted by Gasteiger charge is -2.23. The molecule has 0 N–H and O–H groups in total. The van der Waals surface area contributed by atoms with Crippen LogP contribution >= 0.6 is 0 Å². The molecule has 0 bridgehead atoms. The Morgan fingerprint density at radius 2 is 2.45 bits per heavy atom. The lowest BCUT2D eigenvalue weighted by atomic mass is 10.0. The second-order valence-electron chi connectivity index (χ2n) is 5.00. The summed E-state index contributed by atoms with van der Waals surface area (Å²) in [5.74, 6) is -0.447. The van der Waals surface area contributed by atoms with Gasteiger partial charge in [-0.3, -0.25) is 4.79 Å². The number of carbonyl (C=O) groups excluding carboxylic acids is 1. The maximum atomic E-state index is 13.2. The van der Waals surface area contributed by atoms with E-state index in [1.165, 1.54) is 19.2 Å². The molecule has 1 aromatic rings. The van der Waals surface area contributed by atoms with Crippen molar-refractivity contribution in [2.75, 3.05) is 26.8 Å². The predicted molar refractivity (Wildman–Crippen MR) is 81.1 cm³/mol. The third kappa shape index (κ3) is 4.14. The van der Waals surface area contributed by atoms with Crippen molar-refractivity contribution in [3.05, 3.63) is 48.3 Å². The zero-order chi connectivity index (χ0) is 15.9. The van der Waals surface area contributed by atoms with E-state index in [9.17, 15) is 9.18 Å². The average molecular weight is 306 g/mol. The molecular weight excluding hydrogens is 287 g/mol. The monoisotopic (exact) mass is 306 g/mol. The Morgan fingerprint density at radius 1 is 1.64 bits per heavy atom. The van der Waals surface area contributed by atoms with Crippen LogP contribution < -0.4 is 0 Å². The zero-order valence-electron chi connectivity index (χ0n) is 12.5. The van der Waals surface area contributed by atoms with Gasteiger partial charge in [-0.1, -0.05) is 23.4 Å². The van der Waals surface area contributed by atoms with Gasteiger partial charge < -0.3 is 14.5 Å². The molecule has 0 saturated carbocycles. The summed E-state index contributed by atoms with van der Waals surface area (Å²) in [6.45, 7) is 4.46. The zero-order valence-corrected chi connectivity index (χ0v) is 12.5. The standard InChI is InChI=1S/C16H19FN2O3/c1-3-7-19(16(20)11-21-2)10-14-9-15(18-22-14)12-5-4-6-13(17)8-12/h3-6,8,14H,1,7,9-11H2,2H3/t14-/m0/s1. The minimum atomic E-state index is -0.313. The SMILES string of the molecule is C=CCN(C[C@@H]1CC(c2cccc(F)c2)=NO1)C(=O)COC. The number of carbonyl (C=O) groups is 1. The number of hydrogen-bond acceptors (Lipinski definition) is 4. The summed E-state index contributed by atoms with van der Waals surface area (Å²) in [4.78, 5) is 18.9. The first kappa shape index (κ1) is 16.2. The van der Waals surface area contributed by atoms with Crippen LogP contribution in [0.25, 0.3) is 0 Å². The maximum absolute atomic E-state index is 13.2. The number of methoxy groups -OCH3 is 1. The third-order valence-corrected chi connectivity index (χ3v) is 3.28. The van der Waals surface area contributed by atoms with Gasteiger partial charge in [0.2, 0.25) is 5.91 Å². The molecule has 1 aliphatic heterocycles. The van der Waals surface area contributed by atoms with Gasteiger partial charge in [0, 0.05) is 25.6 Å². The van der Waals surface area contributed by atoms with Gasteiger partial charge in [0.1, 0.15) is 12.4 Å². The second-order valence-corrected chi connectivity index (χ2v) is 5.00. The molecule has 0 aromatic heterocycles. The van der Waals surface area contributed by atoms with Crippen molar-refractivity contribution >= 4 is 11.6 Å². The van der Waals surface area contributed by atoms with Crippen LogP contribution in [-0.4, -0.2) is 49.4 Å². The number of halogens is 1. The van der Waals surface area contributed by atoms with E-state index in [-0.39, 0.29) is 24.4 Å². The minimum absolute atomic E-state index is 0.0121. The first-order chi connectivity index (χ1) is 10.6. The lowest BCUT2D eigenvalue weighted by Crippen LogP contribution is -2.39. The van der Waals surface area contributed by atoms with Crippen LogP contribution in [0.3, 0.4) is 0 Å². The van der Waals surface area contributed by atoms with Gasteiger partial charge >= 0.3 is 0 Å². The summed E-state index contributed by atoms with van der Waals surface area (Å²) < 4.78 is 18.1. The topological polar surface area (TPSA) is 51.1 Å². The van der Waals surface area contributed by atoms with E-state index in [1.807, 2.05) is 0 Å². The van der Waals surface area contributed by atoms with Crippen molar-refractivity contribution in [3.8, 4) is 0 Å². The number of nitrogens with zero attached hydrogens (tertiary/aromatic N) is 2. The smallest absolute Gasteiger partial charge is 0.248 e. The van der Waals surface area contributed by atoms with Gasteiger partial charge in [-0.05, 0) is 12.1 Å². The molecule has 1 aliphatic rings. The van der Waals surface area contributed by atoms with E-state index in [0.29, 0.717) is 30.8 Å². The molecule has 0 fully saturated rings. The molecule has 2 rings (SSSR count). The van der Waals surface area contributed by atoms with Crippen LogP contribution in [0.2, 0.25) is 0 Å². The Bertz CT molecular complexity index is 574. The maximum Gasteiger partial charge on any atom is 0.248 e. The van der Waals surface area contributed by atoms with Crippen LogP contribution in [0.5, 0.6) is 0 Å². The number of rotatable bonds is 7. The first-order valence-electron chi connectivity index (χ1n) is 7.00. The highest BCUT2D eigenvalue weighted by molar-refractivity contribution is 6.01. The third-order valence-electron chi connectivity index (χ3n) is 3.28. The van der Waals surface area contributed by atoms with Crippen molar-refractivity contribution < 1.29 is 18.8 Å². The molecule has 0 saturated heterocycles. The van der Waals surface area contributed by atoms with Gasteiger partial charge in [0.05, 0.1) is 12.3 Å². The summed E-state index contributed by atoms with van der Waals surface area (Å²) >= 11 is 0. The number of benzene rings is 1. The Balaban J connectivity index is 1.96. The summed E-state index contributed by atoms with van der Waals surface area (Å²) in [5.41, 5.74) is 1.38. The van der Waals surface area contributed by atoms with Crippen molar-refractivity contribution in [3.63, 3.8) is 0 Å². The van der Waals surface area contributed by atoms with Crippen LogP contribution in [0.4, 0.5) is 4.39 Å². The van der Waals surface area contributed by atoms with Crippen molar-refractivity contribution in [2.45, 2.75) is 12.5 Å². The summed E-state index contributed by atoms with van der Waals surface area (Å²) in [5, 5.41) is 4.00. The fraction of sp³-hybridized carbons (Fsp3) is 0.375. The van der Waals surface area contributed by atoms with Crippen LogP contribution in [-0.2, 0) is 14.4 Å². The fourth-order valence-electron chi connectivity index (χ4n) is 2.26. The van der Waals surface area contributed by atoms with Crippen molar-refractivity contribution in [2.24, 2.45) is 5.16 Å². The Kier molecular flexibility index (Phi) is 5.66. The summed E-state index contributed by atoms with van der Waals surface area (Å²) in [7, 11) is 1.47. The molecular formula is C16H19FN2O3. The van der Waals surface area contributed by atoms with E-state index in [4.69, 9.17) is 9.57 Å². The Morgan fingerprint density at radius 3 is 3.14 bits per heavy atom. The second kappa shape index (κ2) is 7.70. The molecule has 6 heteroatoms. The van der Waals surface area contributed by atoms with Gasteiger partial charge in [-0.25, -0.2) is 4.39 Å². The number of ether oxygens (including phenoxy) is 1. The van der Waals surface area contributed by atoms with E-state index >= 15 is 0 Å². The van der Waals surface area contributed by atoms with Crippen molar-refractivity contribution in [1.82, 2.24) is 4.90 Å². The van der Waals surface area contributed by atoms with Crippen LogP contribution in [0.15, 0.2) is 42.1 Å². The Labute approximate surface area is 129 Å². The molecule has 0 radical (unpaired) electrons. The summed E-state index contributed by atoms with van der Waals surface area (Å²) in [6.07, 6.45) is 1.92. The Hall–Kier alpha value is -2.21. The molecule has 1 heterocycles. The van der Waals surface area contributed by atoms with Gasteiger partial charge in [-0.2, -0.15) is 0 Å². The molecule has 1 aromatic carbocycles. The molecule has 22 heavy (non-hydrogen) atoms. The van der Waals surface area contributed by atoms with Gasteiger partial charge in [0.15, 0.2) is 6.10 Å². The number of hydrogen-bond donors (Lipinski definition) is 0. The normalized spacial score (nSPS) is 16.8. The van der Waals surface area contributed by atoms with E-state index in [0.717, 1.165) is 0 Å². The molecule has 0 unspecified atom stereocenters.